The molecule has 1 aromatic carbocycles. The molecule has 34 heavy (non-hydrogen) atoms. The summed E-state index contributed by atoms with van der Waals surface area (Å²) in [7, 11) is 2.08. The number of hydrogen-bond donors (Lipinski definition) is 1. The summed E-state index contributed by atoms with van der Waals surface area (Å²) in [5.74, 6) is 1.11. The lowest BCUT2D eigenvalue weighted by Crippen LogP contribution is -2.32. The Morgan fingerprint density at radius 2 is 2.03 bits per heavy atom. The minimum Gasteiger partial charge on any atom is -0.490 e. The maximum Gasteiger partial charge on any atom is 0.158 e. The molecule has 2 aliphatic heterocycles. The molecule has 0 bridgehead atoms. The Hall–Kier alpha value is -3.16. The molecule has 6 nitrogen and oxygen atoms in total. The molecule has 0 aliphatic carbocycles. The molecule has 3 aromatic rings. The number of thiophene rings is 1. The van der Waals surface area contributed by atoms with Crippen molar-refractivity contribution in [3.05, 3.63) is 76.6 Å². The summed E-state index contributed by atoms with van der Waals surface area (Å²) in [6, 6.07) is 16.0. The molecule has 4 heterocycles. The number of nitrogens with one attached hydrogen (secondary N) is 1. The molecule has 2 aromatic heterocycles. The molecule has 0 saturated carbocycles. The van der Waals surface area contributed by atoms with Gasteiger partial charge in [-0.2, -0.15) is 16.4 Å². The van der Waals surface area contributed by atoms with Crippen molar-refractivity contribution in [3.63, 3.8) is 0 Å². The van der Waals surface area contributed by atoms with Gasteiger partial charge in [-0.05, 0) is 78.2 Å². The summed E-state index contributed by atoms with van der Waals surface area (Å²) in [5, 5.41) is 11.6. The number of nitrogens with zero attached hydrogens (tertiary/aromatic N) is 3. The minimum absolute atomic E-state index is 0.166. The van der Waals surface area contributed by atoms with Gasteiger partial charge in [-0.25, -0.2) is 0 Å². The average molecular weight is 475 g/mol. The molecule has 1 N–H and O–H groups in total. The number of Topliss-reactive ketones (excluding diaryl/α,β-unsaturated/α-hetero) is 1. The van der Waals surface area contributed by atoms with Gasteiger partial charge < -0.3 is 9.64 Å². The fraction of sp³-hybridized carbons (Fsp3) is 0.333. The van der Waals surface area contributed by atoms with Crippen LogP contribution in [0.15, 0.2) is 65.5 Å². The van der Waals surface area contributed by atoms with Crippen molar-refractivity contribution < 1.29 is 9.53 Å². The summed E-state index contributed by atoms with van der Waals surface area (Å²) < 4.78 is 5.88. The van der Waals surface area contributed by atoms with Gasteiger partial charge in [0.15, 0.2) is 5.78 Å². The Labute approximate surface area is 204 Å². The van der Waals surface area contributed by atoms with E-state index in [4.69, 9.17) is 4.74 Å². The third-order valence-corrected chi connectivity index (χ3v) is 7.24. The fourth-order valence-corrected chi connectivity index (χ4v) is 5.41. The van der Waals surface area contributed by atoms with Crippen LogP contribution in [-0.2, 0) is 11.2 Å². The first-order valence-corrected chi connectivity index (χ1v) is 12.8. The van der Waals surface area contributed by atoms with Crippen LogP contribution in [0.2, 0.25) is 0 Å². The zero-order chi connectivity index (χ0) is 23.3. The van der Waals surface area contributed by atoms with E-state index in [9.17, 15) is 4.79 Å². The Balaban J connectivity index is 1.43. The molecule has 0 spiro atoms. The Kier molecular flexibility index (Phi) is 6.92. The highest BCUT2D eigenvalue weighted by atomic mass is 32.1. The van der Waals surface area contributed by atoms with Crippen LogP contribution >= 0.6 is 11.3 Å². The van der Waals surface area contributed by atoms with Gasteiger partial charge in [-0.1, -0.05) is 18.2 Å². The van der Waals surface area contributed by atoms with Crippen LogP contribution in [-0.4, -0.2) is 54.2 Å². The number of likely N-dealkylation sites (N-methyl/N-ethyl adjacent to an activating group) is 1. The summed E-state index contributed by atoms with van der Waals surface area (Å²) in [6.45, 7) is 3.53. The van der Waals surface area contributed by atoms with Crippen molar-refractivity contribution >= 4 is 22.8 Å². The number of likely N-dealkylation sites (tertiary alicyclic amines) is 1. The first-order valence-electron chi connectivity index (χ1n) is 11.8. The number of carbonyl (C=O) groups is 1. The van der Waals surface area contributed by atoms with Gasteiger partial charge in [0.1, 0.15) is 12.4 Å². The molecular formula is C27H30N4O2S. The highest BCUT2D eigenvalue weighted by molar-refractivity contribution is 7.08. The van der Waals surface area contributed by atoms with Crippen LogP contribution in [0.3, 0.4) is 0 Å². The molecule has 1 fully saturated rings. The number of ether oxygens (including phenoxy) is 1. The summed E-state index contributed by atoms with van der Waals surface area (Å²) in [6.07, 6.45) is 4.41. The third-order valence-electron chi connectivity index (χ3n) is 6.53. The second-order valence-electron chi connectivity index (χ2n) is 8.87. The highest BCUT2D eigenvalue weighted by Gasteiger charge is 2.29. The van der Waals surface area contributed by atoms with E-state index < -0.39 is 0 Å². The number of anilines is 1. The van der Waals surface area contributed by atoms with Crippen LogP contribution in [0, 0.1) is 0 Å². The standard InChI is InChI=1S/C27H30N4O2S/c1-30-14-15-33-26-18-21(7-9-24(26)30)23-8-6-20(5-4-11-28-29-23)17-25(32)27(22-10-16-34-19-22)31-12-2-3-13-31/h4-11,16,18-19,27,29H,2-3,12-15,17H2,1H3. The average Bonchev–Trinajstić information content (AvgIpc) is 3.56. The van der Waals surface area contributed by atoms with E-state index in [1.165, 1.54) is 0 Å². The number of carbonyl (C=O) groups excluding carboxylic acids is 1. The fourth-order valence-electron chi connectivity index (χ4n) is 4.73. The Morgan fingerprint density at radius 1 is 1.15 bits per heavy atom. The molecular weight excluding hydrogens is 444 g/mol. The number of hydrogen-bond acceptors (Lipinski definition) is 6. The van der Waals surface area contributed by atoms with E-state index in [0.717, 1.165) is 66.3 Å². The lowest BCUT2D eigenvalue weighted by Gasteiger charge is -2.27. The zero-order valence-corrected chi connectivity index (χ0v) is 20.3. The summed E-state index contributed by atoms with van der Waals surface area (Å²) in [5.41, 5.74) is 5.02. The van der Waals surface area contributed by atoms with Gasteiger partial charge in [-0.15, -0.1) is 0 Å². The largest absolute Gasteiger partial charge is 0.490 e. The Morgan fingerprint density at radius 3 is 2.85 bits per heavy atom. The van der Waals surface area contributed by atoms with Gasteiger partial charge in [0.05, 0.1) is 24.0 Å². The SMILES string of the molecule is CN1CCOc2cc(-c3ccc(CC(=O)C(c4ccsc4)N4CCCC4)cccn[nH]3)ccc21. The van der Waals surface area contributed by atoms with Gasteiger partial charge in [-0.3, -0.25) is 14.8 Å². The van der Waals surface area contributed by atoms with Crippen molar-refractivity contribution in [2.75, 3.05) is 38.2 Å². The highest BCUT2D eigenvalue weighted by Crippen LogP contribution is 2.34. The van der Waals surface area contributed by atoms with Crippen LogP contribution in [0.4, 0.5) is 5.69 Å². The molecule has 0 radical (unpaired) electrons. The summed E-state index contributed by atoms with van der Waals surface area (Å²) >= 11 is 1.65. The van der Waals surface area contributed by atoms with Crippen LogP contribution in [0.5, 0.6) is 5.75 Å². The second kappa shape index (κ2) is 10.4. The zero-order valence-electron chi connectivity index (χ0n) is 19.4. The van der Waals surface area contributed by atoms with Crippen LogP contribution in [0.1, 0.15) is 30.0 Å². The molecule has 1 unspecified atom stereocenters. The van der Waals surface area contributed by atoms with Crippen molar-refractivity contribution in [1.29, 1.82) is 0 Å². The Bertz CT molecular complexity index is 1180. The molecule has 1 saturated heterocycles. The first-order chi connectivity index (χ1) is 16.7. The lowest BCUT2D eigenvalue weighted by atomic mass is 9.98. The maximum absolute atomic E-state index is 13.5. The monoisotopic (exact) mass is 474 g/mol. The van der Waals surface area contributed by atoms with E-state index >= 15 is 0 Å². The van der Waals surface area contributed by atoms with E-state index in [-0.39, 0.29) is 11.8 Å². The maximum atomic E-state index is 13.5. The van der Waals surface area contributed by atoms with E-state index in [1.54, 1.807) is 17.5 Å². The third kappa shape index (κ3) is 5.00. The van der Waals surface area contributed by atoms with E-state index in [2.05, 4.69) is 56.0 Å². The van der Waals surface area contributed by atoms with Gasteiger partial charge in [0, 0.05) is 25.2 Å². The first kappa shape index (κ1) is 22.6. The smallest absolute Gasteiger partial charge is 0.158 e. The van der Waals surface area contributed by atoms with Crippen molar-refractivity contribution in [2.24, 2.45) is 0 Å². The lowest BCUT2D eigenvalue weighted by molar-refractivity contribution is -0.123. The quantitative estimate of drug-likeness (QED) is 0.542. The number of benzene rings is 1. The molecule has 5 rings (SSSR count). The van der Waals surface area contributed by atoms with Crippen LogP contribution < -0.4 is 9.64 Å². The summed E-state index contributed by atoms with van der Waals surface area (Å²) in [4.78, 5) is 18.1. The number of H-pyrrole nitrogens is 1. The second-order valence-corrected chi connectivity index (χ2v) is 9.65. The topological polar surface area (TPSA) is 61.5 Å². The number of aromatic nitrogens is 2. The number of aromatic amines is 1. The van der Waals surface area contributed by atoms with Gasteiger partial charge in [0.25, 0.3) is 0 Å². The predicted octanol–water partition coefficient (Wildman–Crippen LogP) is 5.04. The molecule has 1 atom stereocenters. The van der Waals surface area contributed by atoms with E-state index in [1.807, 2.05) is 30.3 Å². The van der Waals surface area contributed by atoms with E-state index in [0.29, 0.717) is 13.0 Å². The van der Waals surface area contributed by atoms with Gasteiger partial charge >= 0.3 is 0 Å². The predicted molar refractivity (Wildman–Crippen MR) is 137 cm³/mol. The molecule has 176 valence electrons. The minimum atomic E-state index is -0.166. The number of fused-ring (bicyclic) bond motifs is 1. The molecule has 2 aliphatic rings. The van der Waals surface area contributed by atoms with Crippen molar-refractivity contribution in [2.45, 2.75) is 25.3 Å². The molecule has 0 amide bonds. The van der Waals surface area contributed by atoms with Crippen LogP contribution in [0.25, 0.3) is 11.3 Å². The molecule has 7 heteroatoms. The normalized spacial score (nSPS) is 16.4. The number of rotatable bonds is 6. The van der Waals surface area contributed by atoms with Crippen molar-refractivity contribution in [1.82, 2.24) is 15.1 Å². The number of ketones is 1. The van der Waals surface area contributed by atoms with Gasteiger partial charge in [0.2, 0.25) is 0 Å². The van der Waals surface area contributed by atoms with Crippen molar-refractivity contribution in [3.8, 4) is 17.0 Å².